The third-order valence-corrected chi connectivity index (χ3v) is 6.21. The maximum atomic E-state index is 12.4. The molecule has 0 spiro atoms. The maximum Gasteiger partial charge on any atom is 0.178 e. The number of carbonyl (C=O) groups excluding carboxylic acids is 1. The quantitative estimate of drug-likeness (QED) is 0.642. The molecule has 2 heterocycles. The van der Waals surface area contributed by atoms with Gasteiger partial charge in [-0.25, -0.2) is 0 Å². The van der Waals surface area contributed by atoms with Gasteiger partial charge in [-0.2, -0.15) is 0 Å². The minimum Gasteiger partial charge on any atom is -0.295 e. The Labute approximate surface area is 145 Å². The number of rotatable bonds is 4. The zero-order valence-electron chi connectivity index (χ0n) is 11.4. The maximum absolute atomic E-state index is 12.4. The average Bonchev–Trinajstić information content (AvgIpc) is 3.06. The van der Waals surface area contributed by atoms with Gasteiger partial charge in [0.15, 0.2) is 5.78 Å². The normalized spacial score (nSPS) is 19.0. The number of hydrogen-bond acceptors (Lipinski definition) is 3. The van der Waals surface area contributed by atoms with Crippen molar-refractivity contribution in [3.05, 3.63) is 55.1 Å². The van der Waals surface area contributed by atoms with Crippen LogP contribution in [-0.4, -0.2) is 30.3 Å². The summed E-state index contributed by atoms with van der Waals surface area (Å²) in [6.45, 7) is 2.47. The molecule has 2 nitrogen and oxygen atoms in total. The van der Waals surface area contributed by atoms with Crippen LogP contribution < -0.4 is 0 Å². The van der Waals surface area contributed by atoms with Gasteiger partial charge >= 0.3 is 0 Å². The molecule has 5 heteroatoms. The van der Waals surface area contributed by atoms with Crippen LogP contribution >= 0.6 is 43.2 Å². The predicted octanol–water partition coefficient (Wildman–Crippen LogP) is 4.95. The van der Waals surface area contributed by atoms with E-state index in [0.717, 1.165) is 32.6 Å². The Kier molecular flexibility index (Phi) is 4.94. The summed E-state index contributed by atoms with van der Waals surface area (Å²) in [7, 11) is 0. The van der Waals surface area contributed by atoms with E-state index >= 15 is 0 Å². The minimum atomic E-state index is 0.192. The molecular formula is C16H15Br2NOS. The van der Waals surface area contributed by atoms with E-state index in [1.807, 2.05) is 12.1 Å². The highest BCUT2D eigenvalue weighted by molar-refractivity contribution is 9.12. The van der Waals surface area contributed by atoms with Crippen LogP contribution in [0.1, 0.15) is 28.3 Å². The van der Waals surface area contributed by atoms with Crippen LogP contribution in [0.3, 0.4) is 0 Å². The summed E-state index contributed by atoms with van der Waals surface area (Å²) in [4.78, 5) is 14.7. The predicted molar refractivity (Wildman–Crippen MR) is 94.3 cm³/mol. The van der Waals surface area contributed by atoms with E-state index in [0.29, 0.717) is 12.5 Å². The Balaban J connectivity index is 1.62. The largest absolute Gasteiger partial charge is 0.295 e. The lowest BCUT2D eigenvalue weighted by molar-refractivity contribution is 0.0944. The van der Waals surface area contributed by atoms with Crippen LogP contribution in [0.15, 0.2) is 44.0 Å². The van der Waals surface area contributed by atoms with E-state index in [1.165, 1.54) is 5.56 Å². The smallest absolute Gasteiger partial charge is 0.178 e. The fourth-order valence-electron chi connectivity index (χ4n) is 2.79. The van der Waals surface area contributed by atoms with Crippen molar-refractivity contribution in [2.45, 2.75) is 12.3 Å². The summed E-state index contributed by atoms with van der Waals surface area (Å²) in [5.41, 5.74) is 2.17. The molecule has 0 saturated carbocycles. The average molecular weight is 429 g/mol. The van der Waals surface area contributed by atoms with Crippen molar-refractivity contribution in [1.29, 1.82) is 0 Å². The van der Waals surface area contributed by atoms with Gasteiger partial charge < -0.3 is 0 Å². The van der Waals surface area contributed by atoms with Gasteiger partial charge in [-0.15, -0.1) is 11.3 Å². The van der Waals surface area contributed by atoms with E-state index < -0.39 is 0 Å². The van der Waals surface area contributed by atoms with Gasteiger partial charge in [0.1, 0.15) is 0 Å². The van der Waals surface area contributed by atoms with Gasteiger partial charge in [0, 0.05) is 12.1 Å². The van der Waals surface area contributed by atoms with Gasteiger partial charge in [-0.1, -0.05) is 30.3 Å². The number of carbonyl (C=O) groups is 1. The highest BCUT2D eigenvalue weighted by atomic mass is 79.9. The number of ketones is 1. The molecule has 2 aromatic rings. The molecule has 1 atom stereocenters. The van der Waals surface area contributed by atoms with Crippen LogP contribution in [0.5, 0.6) is 0 Å². The zero-order valence-corrected chi connectivity index (χ0v) is 15.4. The van der Waals surface area contributed by atoms with Crippen molar-refractivity contribution >= 4 is 49.0 Å². The molecule has 21 heavy (non-hydrogen) atoms. The number of thiophene rings is 1. The zero-order chi connectivity index (χ0) is 14.8. The Morgan fingerprint density at radius 1 is 1.29 bits per heavy atom. The third-order valence-electron chi connectivity index (χ3n) is 3.87. The van der Waals surface area contributed by atoms with Gasteiger partial charge in [0.2, 0.25) is 0 Å². The lowest BCUT2D eigenvalue weighted by Gasteiger charge is -2.15. The Bertz CT molecular complexity index is 641. The summed E-state index contributed by atoms with van der Waals surface area (Å²) in [5.74, 6) is 0.745. The topological polar surface area (TPSA) is 20.3 Å². The SMILES string of the molecule is O=C(CN1CCC(c2ccccc2)C1)c1cc(Br)sc1Br. The molecule has 0 aliphatic carbocycles. The summed E-state index contributed by atoms with van der Waals surface area (Å²) >= 11 is 8.44. The van der Waals surface area contributed by atoms with Crippen molar-refractivity contribution in [3.8, 4) is 0 Å². The van der Waals surface area contributed by atoms with E-state index in [9.17, 15) is 4.79 Å². The lowest BCUT2D eigenvalue weighted by Crippen LogP contribution is -2.27. The van der Waals surface area contributed by atoms with E-state index in [-0.39, 0.29) is 5.78 Å². The van der Waals surface area contributed by atoms with Crippen molar-refractivity contribution in [3.63, 3.8) is 0 Å². The summed E-state index contributed by atoms with van der Waals surface area (Å²) in [5, 5.41) is 0. The number of nitrogens with zero attached hydrogens (tertiary/aromatic N) is 1. The molecule has 1 aromatic heterocycles. The fraction of sp³-hybridized carbons (Fsp3) is 0.312. The monoisotopic (exact) mass is 427 g/mol. The molecule has 110 valence electrons. The molecule has 1 aromatic carbocycles. The Hall–Kier alpha value is -0.490. The van der Waals surface area contributed by atoms with Crippen molar-refractivity contribution in [2.24, 2.45) is 0 Å². The minimum absolute atomic E-state index is 0.192. The third kappa shape index (κ3) is 3.65. The number of halogens is 2. The number of hydrogen-bond donors (Lipinski definition) is 0. The van der Waals surface area contributed by atoms with Gasteiger partial charge in [-0.05, 0) is 62.4 Å². The number of likely N-dealkylation sites (tertiary alicyclic amines) is 1. The first-order chi connectivity index (χ1) is 10.1. The highest BCUT2D eigenvalue weighted by Crippen LogP contribution is 2.33. The van der Waals surface area contributed by atoms with Crippen LogP contribution in [0, 0.1) is 0 Å². The number of benzene rings is 1. The van der Waals surface area contributed by atoms with E-state index in [2.05, 4.69) is 61.0 Å². The van der Waals surface area contributed by atoms with Gasteiger partial charge in [-0.3, -0.25) is 9.69 Å². The fourth-order valence-corrected chi connectivity index (χ4v) is 5.65. The molecule has 0 bridgehead atoms. The molecule has 1 fully saturated rings. The standard InChI is InChI=1S/C16H15Br2NOS/c17-15-8-13(16(18)21-15)14(20)10-19-7-6-12(9-19)11-4-2-1-3-5-11/h1-5,8,12H,6-7,9-10H2. The second-order valence-electron chi connectivity index (χ2n) is 5.29. The molecule has 0 amide bonds. The Morgan fingerprint density at radius 3 is 2.71 bits per heavy atom. The summed E-state index contributed by atoms with van der Waals surface area (Å²) in [6.07, 6.45) is 1.13. The number of Topliss-reactive ketones (excluding diaryl/α,β-unsaturated/α-hetero) is 1. The van der Waals surface area contributed by atoms with E-state index in [1.54, 1.807) is 11.3 Å². The first-order valence-corrected chi connectivity index (χ1v) is 9.29. The molecular weight excluding hydrogens is 414 g/mol. The molecule has 0 N–H and O–H groups in total. The van der Waals surface area contributed by atoms with Crippen LogP contribution in [0.25, 0.3) is 0 Å². The second kappa shape index (κ2) is 6.73. The Morgan fingerprint density at radius 2 is 2.05 bits per heavy atom. The van der Waals surface area contributed by atoms with E-state index in [4.69, 9.17) is 0 Å². The highest BCUT2D eigenvalue weighted by Gasteiger charge is 2.26. The van der Waals surface area contributed by atoms with Crippen LogP contribution in [0.4, 0.5) is 0 Å². The first-order valence-electron chi connectivity index (χ1n) is 6.89. The van der Waals surface area contributed by atoms with Crippen molar-refractivity contribution in [1.82, 2.24) is 4.90 Å². The molecule has 3 rings (SSSR count). The van der Waals surface area contributed by atoms with Gasteiger partial charge in [0.25, 0.3) is 0 Å². The molecule has 1 aliphatic rings. The van der Waals surface area contributed by atoms with Crippen LogP contribution in [-0.2, 0) is 0 Å². The van der Waals surface area contributed by atoms with Gasteiger partial charge in [0.05, 0.1) is 14.1 Å². The molecule has 1 unspecified atom stereocenters. The summed E-state index contributed by atoms with van der Waals surface area (Å²) < 4.78 is 1.90. The van der Waals surface area contributed by atoms with Crippen molar-refractivity contribution < 1.29 is 4.79 Å². The molecule has 1 aliphatic heterocycles. The van der Waals surface area contributed by atoms with Crippen molar-refractivity contribution in [2.75, 3.05) is 19.6 Å². The molecule has 1 saturated heterocycles. The second-order valence-corrected chi connectivity index (χ2v) is 9.04. The van der Waals surface area contributed by atoms with Crippen LogP contribution in [0.2, 0.25) is 0 Å². The lowest BCUT2D eigenvalue weighted by atomic mass is 9.99. The summed E-state index contributed by atoms with van der Waals surface area (Å²) in [6, 6.07) is 12.5. The first kappa shape index (κ1) is 15.4. The molecule has 0 radical (unpaired) electrons.